The highest BCUT2D eigenvalue weighted by molar-refractivity contribution is 5.56. The normalized spacial score (nSPS) is 16.0. The molecule has 1 aromatic heterocycles. The number of allylic oxidation sites excluding steroid dienone is 1. The second kappa shape index (κ2) is 4.07. The number of rotatable bonds is 3. The molecule has 0 aromatic carbocycles. The summed E-state index contributed by atoms with van der Waals surface area (Å²) in [6.07, 6.45) is 6.75. The fraction of sp³-hybridized carbons (Fsp3) is 0.400. The van der Waals surface area contributed by atoms with Gasteiger partial charge in [-0.3, -0.25) is 0 Å². The number of imidazole rings is 1. The van der Waals surface area contributed by atoms with Crippen molar-refractivity contribution in [3.05, 3.63) is 24.8 Å². The Balaban J connectivity index is 3.12. The molecule has 1 aromatic rings. The Morgan fingerprint density at radius 2 is 2.50 bits per heavy atom. The molecule has 1 unspecified atom stereocenters. The number of aliphatic hydroxyl groups is 1. The summed E-state index contributed by atoms with van der Waals surface area (Å²) < 4.78 is 1.65. The number of nitrogens with zero attached hydrogens (tertiary/aromatic N) is 3. The summed E-state index contributed by atoms with van der Waals surface area (Å²) in [5.74, 6) is 0. The maximum Gasteiger partial charge on any atom is 0.103 e. The molecule has 1 heterocycles. The fourth-order valence-electron chi connectivity index (χ4n) is 1.15. The Bertz CT molecular complexity index is 357. The highest BCUT2D eigenvalue weighted by Gasteiger charge is 2.24. The Hall–Kier alpha value is -1.60. The summed E-state index contributed by atoms with van der Waals surface area (Å²) >= 11 is 0. The monoisotopic (exact) mass is 191 g/mol. The van der Waals surface area contributed by atoms with Crippen molar-refractivity contribution < 1.29 is 5.11 Å². The standard InChI is InChI=1S/C10H13N3O/c1-3-10(2,14)9(4-5-11)13-7-6-12-8-13/h4,6-8,14H,3H2,1-2H3. The zero-order valence-electron chi connectivity index (χ0n) is 8.31. The van der Waals surface area contributed by atoms with E-state index in [2.05, 4.69) is 4.98 Å². The van der Waals surface area contributed by atoms with E-state index in [1.165, 1.54) is 6.08 Å². The van der Waals surface area contributed by atoms with Crippen LogP contribution in [-0.4, -0.2) is 20.3 Å². The van der Waals surface area contributed by atoms with Crippen molar-refractivity contribution >= 4 is 5.70 Å². The van der Waals surface area contributed by atoms with Gasteiger partial charge in [0, 0.05) is 18.5 Å². The van der Waals surface area contributed by atoms with E-state index in [0.29, 0.717) is 12.1 Å². The van der Waals surface area contributed by atoms with Gasteiger partial charge in [0.2, 0.25) is 0 Å². The fourth-order valence-corrected chi connectivity index (χ4v) is 1.15. The highest BCUT2D eigenvalue weighted by Crippen LogP contribution is 2.23. The molecule has 0 saturated heterocycles. The second-order valence-corrected chi connectivity index (χ2v) is 3.26. The molecule has 0 aliphatic rings. The molecule has 1 rings (SSSR count). The van der Waals surface area contributed by atoms with Crippen molar-refractivity contribution in [2.75, 3.05) is 0 Å². The minimum atomic E-state index is -1.00. The van der Waals surface area contributed by atoms with Gasteiger partial charge in [-0.25, -0.2) is 4.98 Å². The van der Waals surface area contributed by atoms with E-state index in [-0.39, 0.29) is 0 Å². The number of aromatic nitrogens is 2. The van der Waals surface area contributed by atoms with Crippen LogP contribution in [0.1, 0.15) is 20.3 Å². The van der Waals surface area contributed by atoms with Crippen molar-refractivity contribution in [1.29, 1.82) is 5.26 Å². The van der Waals surface area contributed by atoms with E-state index < -0.39 is 5.60 Å². The highest BCUT2D eigenvalue weighted by atomic mass is 16.3. The number of hydrogen-bond acceptors (Lipinski definition) is 3. The maximum absolute atomic E-state index is 10.0. The summed E-state index contributed by atoms with van der Waals surface area (Å²) in [7, 11) is 0. The Kier molecular flexibility index (Phi) is 3.05. The van der Waals surface area contributed by atoms with Gasteiger partial charge >= 0.3 is 0 Å². The molecule has 0 aliphatic carbocycles. The smallest absolute Gasteiger partial charge is 0.103 e. The Morgan fingerprint density at radius 1 is 1.79 bits per heavy atom. The molecule has 0 aliphatic heterocycles. The maximum atomic E-state index is 10.0. The first-order chi connectivity index (χ1) is 6.61. The molecule has 1 atom stereocenters. The van der Waals surface area contributed by atoms with Crippen molar-refractivity contribution in [2.45, 2.75) is 25.9 Å². The zero-order valence-corrected chi connectivity index (χ0v) is 8.31. The minimum Gasteiger partial charge on any atom is -0.384 e. The predicted octanol–water partition coefficient (Wildman–Crippen LogP) is 1.41. The van der Waals surface area contributed by atoms with Crippen LogP contribution < -0.4 is 0 Å². The molecule has 74 valence electrons. The lowest BCUT2D eigenvalue weighted by Gasteiger charge is -2.24. The average Bonchev–Trinajstić information content (AvgIpc) is 2.66. The summed E-state index contributed by atoms with van der Waals surface area (Å²) in [5, 5.41) is 18.6. The van der Waals surface area contributed by atoms with Crippen LogP contribution in [0.2, 0.25) is 0 Å². The van der Waals surface area contributed by atoms with Crippen LogP contribution in [0.4, 0.5) is 0 Å². The van der Waals surface area contributed by atoms with E-state index in [1.807, 2.05) is 13.0 Å². The van der Waals surface area contributed by atoms with Gasteiger partial charge in [0.25, 0.3) is 0 Å². The molecule has 0 saturated carbocycles. The van der Waals surface area contributed by atoms with E-state index in [4.69, 9.17) is 5.26 Å². The molecule has 0 radical (unpaired) electrons. The zero-order chi connectivity index (χ0) is 10.6. The van der Waals surface area contributed by atoms with Gasteiger partial charge in [0.1, 0.15) is 5.60 Å². The van der Waals surface area contributed by atoms with Gasteiger partial charge in [-0.2, -0.15) is 5.26 Å². The van der Waals surface area contributed by atoms with Gasteiger partial charge in [0.15, 0.2) is 0 Å². The first-order valence-electron chi connectivity index (χ1n) is 4.42. The molecule has 4 heteroatoms. The average molecular weight is 191 g/mol. The van der Waals surface area contributed by atoms with E-state index >= 15 is 0 Å². The topological polar surface area (TPSA) is 61.8 Å². The first-order valence-corrected chi connectivity index (χ1v) is 4.42. The Morgan fingerprint density at radius 3 is 2.93 bits per heavy atom. The quantitative estimate of drug-likeness (QED) is 0.735. The second-order valence-electron chi connectivity index (χ2n) is 3.26. The lowest BCUT2D eigenvalue weighted by atomic mass is 9.98. The van der Waals surface area contributed by atoms with Crippen LogP contribution in [0.3, 0.4) is 0 Å². The summed E-state index contributed by atoms with van der Waals surface area (Å²) in [4.78, 5) is 3.87. The van der Waals surface area contributed by atoms with Crippen molar-refractivity contribution in [2.24, 2.45) is 0 Å². The molecule has 0 amide bonds. The van der Waals surface area contributed by atoms with Crippen molar-refractivity contribution in [1.82, 2.24) is 9.55 Å². The lowest BCUT2D eigenvalue weighted by Crippen LogP contribution is -2.27. The van der Waals surface area contributed by atoms with E-state index in [9.17, 15) is 5.11 Å². The van der Waals surface area contributed by atoms with Gasteiger partial charge in [0.05, 0.1) is 18.1 Å². The van der Waals surface area contributed by atoms with Crippen LogP contribution in [0.15, 0.2) is 24.8 Å². The van der Waals surface area contributed by atoms with Gasteiger partial charge in [-0.1, -0.05) is 6.92 Å². The number of nitriles is 1. The van der Waals surface area contributed by atoms with E-state index in [0.717, 1.165) is 0 Å². The largest absolute Gasteiger partial charge is 0.384 e. The molecule has 0 spiro atoms. The molecule has 4 nitrogen and oxygen atoms in total. The van der Waals surface area contributed by atoms with Gasteiger partial charge in [-0.05, 0) is 13.3 Å². The molecule has 1 N–H and O–H groups in total. The molecule has 14 heavy (non-hydrogen) atoms. The van der Waals surface area contributed by atoms with Crippen LogP contribution in [0.5, 0.6) is 0 Å². The lowest BCUT2D eigenvalue weighted by molar-refractivity contribution is 0.112. The minimum absolute atomic E-state index is 0.540. The molecular weight excluding hydrogens is 178 g/mol. The third-order valence-corrected chi connectivity index (χ3v) is 2.22. The van der Waals surface area contributed by atoms with Crippen LogP contribution in [0, 0.1) is 11.3 Å². The predicted molar refractivity (Wildman–Crippen MR) is 53.0 cm³/mol. The number of hydrogen-bond donors (Lipinski definition) is 1. The molecule has 0 fully saturated rings. The summed E-state index contributed by atoms with van der Waals surface area (Å²) in [5.41, 5.74) is -0.462. The Labute approximate surface area is 83.1 Å². The molecular formula is C10H13N3O. The third kappa shape index (κ3) is 2.01. The third-order valence-electron chi connectivity index (χ3n) is 2.22. The summed E-state index contributed by atoms with van der Waals surface area (Å²) in [6, 6.07) is 1.93. The van der Waals surface area contributed by atoms with Crippen LogP contribution in [0.25, 0.3) is 5.70 Å². The van der Waals surface area contributed by atoms with Gasteiger partial charge < -0.3 is 9.67 Å². The van der Waals surface area contributed by atoms with Crippen LogP contribution >= 0.6 is 0 Å². The first kappa shape index (κ1) is 10.5. The van der Waals surface area contributed by atoms with Crippen LogP contribution in [-0.2, 0) is 0 Å². The SMILES string of the molecule is CCC(C)(O)C(=CC#N)n1ccnc1. The summed E-state index contributed by atoms with van der Waals surface area (Å²) in [6.45, 7) is 3.54. The van der Waals surface area contributed by atoms with E-state index in [1.54, 1.807) is 30.2 Å². The molecule has 0 bridgehead atoms. The van der Waals surface area contributed by atoms with Gasteiger partial charge in [-0.15, -0.1) is 0 Å². The van der Waals surface area contributed by atoms with Crippen molar-refractivity contribution in [3.8, 4) is 6.07 Å². The van der Waals surface area contributed by atoms with Crippen molar-refractivity contribution in [3.63, 3.8) is 0 Å².